The van der Waals surface area contributed by atoms with Gasteiger partial charge in [-0.05, 0) is 0 Å². The van der Waals surface area contributed by atoms with Crippen molar-refractivity contribution >= 4 is 42.7 Å². The molecule has 0 atom stereocenters. The second-order valence-electron chi connectivity index (χ2n) is 0.0680. The molecule has 0 aliphatic heterocycles. The summed E-state index contributed by atoms with van der Waals surface area (Å²) in [5, 5.41) is 0. The third-order valence-electron chi connectivity index (χ3n) is 0. The molecule has 0 aliphatic rings. The van der Waals surface area contributed by atoms with Crippen LogP contribution in [0, 0.1) is 0 Å². The van der Waals surface area contributed by atoms with Gasteiger partial charge in [0.1, 0.15) is 0 Å². The van der Waals surface area contributed by atoms with Gasteiger partial charge in [0.15, 0.2) is 0 Å². The van der Waals surface area contributed by atoms with Crippen molar-refractivity contribution < 1.29 is 14.9 Å². The molecule has 0 radical (unpaired) electrons. The van der Waals surface area contributed by atoms with E-state index >= 15 is 0 Å². The molecule has 0 aromatic rings. The van der Waals surface area contributed by atoms with Gasteiger partial charge >= 0.3 is 57.6 Å². The van der Waals surface area contributed by atoms with E-state index in [1.807, 2.05) is 0 Å². The molecule has 0 rings (SSSR count). The van der Waals surface area contributed by atoms with E-state index in [1.54, 1.807) is 0 Å². The van der Waals surface area contributed by atoms with Gasteiger partial charge in [-0.15, -0.1) is 0 Å². The molecule has 0 aliphatic carbocycles. The summed E-state index contributed by atoms with van der Waals surface area (Å²) in [7, 11) is 8.68. The number of hydrogen-bond donors (Lipinski definition) is 0. The quantitative estimate of drug-likeness (QED) is 0.502. The van der Waals surface area contributed by atoms with Crippen molar-refractivity contribution in [3.8, 4) is 0 Å². The van der Waals surface area contributed by atoms with Crippen LogP contribution in [-0.2, 0) is 14.9 Å². The number of rotatable bonds is 0. The van der Waals surface area contributed by atoms with Gasteiger partial charge in [0, 0.05) is 0 Å². The molecule has 22 valence electrons. The summed E-state index contributed by atoms with van der Waals surface area (Å²) in [6.45, 7) is 0. The van der Waals surface area contributed by atoms with E-state index in [0.717, 1.165) is 0 Å². The second-order valence-corrected chi connectivity index (χ2v) is 3.62. The van der Waals surface area contributed by atoms with Crippen molar-refractivity contribution in [3.63, 3.8) is 0 Å². The zero-order valence-electron chi connectivity index (χ0n) is 1.22. The molecular weight excluding hydrogens is 184 g/mol. The molecule has 0 heterocycles. The van der Waals surface area contributed by atoms with Gasteiger partial charge in [0.25, 0.3) is 0 Å². The maximum absolute atomic E-state index is 4.34. The van der Waals surface area contributed by atoms with E-state index in [2.05, 4.69) is 19.6 Å². The van der Waals surface area contributed by atoms with Crippen LogP contribution in [0.3, 0.4) is 0 Å². The third-order valence-corrected chi connectivity index (χ3v) is 0. The van der Waals surface area contributed by atoms with Crippen LogP contribution in [0.15, 0.2) is 0 Å². The Morgan fingerprint density at radius 2 is 1.25 bits per heavy atom. The fourth-order valence-electron chi connectivity index (χ4n) is 0. The second kappa shape index (κ2) is 8.86. The van der Waals surface area contributed by atoms with E-state index < -0.39 is 0 Å². The standard InChI is InChI=1S/Mg.Mo.2S.2H. The molecule has 0 bridgehead atoms. The van der Waals surface area contributed by atoms with Gasteiger partial charge in [-0.3, -0.25) is 0 Å². The summed E-state index contributed by atoms with van der Waals surface area (Å²) in [6, 6.07) is 0. The molecule has 0 saturated carbocycles. The fourth-order valence-corrected chi connectivity index (χ4v) is 0. The normalized spacial score (nSPS) is 3.00. The fraction of sp³-hybridized carbons (Fsp3) is 0. The topological polar surface area (TPSA) is 0 Å². The predicted molar refractivity (Wildman–Crippen MR) is 23.7 cm³/mol. The van der Waals surface area contributed by atoms with E-state index in [9.17, 15) is 0 Å². The Morgan fingerprint density at radius 3 is 1.25 bits per heavy atom. The molecule has 0 saturated heterocycles. The molecule has 0 fully saturated rings. The van der Waals surface area contributed by atoms with E-state index in [1.165, 1.54) is 0 Å². The molecule has 0 unspecified atom stereocenters. The number of hydrogen-bond acceptors (Lipinski definition) is 2. The summed E-state index contributed by atoms with van der Waals surface area (Å²) in [4.78, 5) is 0. The first-order valence-corrected chi connectivity index (χ1v) is 5.92. The van der Waals surface area contributed by atoms with Crippen molar-refractivity contribution in [3.05, 3.63) is 0 Å². The van der Waals surface area contributed by atoms with Gasteiger partial charge in [0.05, 0.1) is 0 Å². The summed E-state index contributed by atoms with van der Waals surface area (Å²) >= 11 is -0.363. The summed E-state index contributed by atoms with van der Waals surface area (Å²) in [6.07, 6.45) is 0. The van der Waals surface area contributed by atoms with Crippen LogP contribution < -0.4 is 0 Å². The summed E-state index contributed by atoms with van der Waals surface area (Å²) in [5.74, 6) is 0. The van der Waals surface area contributed by atoms with Crippen LogP contribution in [0.1, 0.15) is 0 Å². The Bertz CT molecular complexity index is 27.0. The molecule has 0 nitrogen and oxygen atoms in total. The third kappa shape index (κ3) is 9.09. The van der Waals surface area contributed by atoms with Crippen molar-refractivity contribution in [1.82, 2.24) is 0 Å². The van der Waals surface area contributed by atoms with Crippen molar-refractivity contribution in [2.24, 2.45) is 0 Å². The Labute approximate surface area is 56.9 Å². The van der Waals surface area contributed by atoms with E-state index in [0.29, 0.717) is 0 Å². The van der Waals surface area contributed by atoms with Crippen LogP contribution in [0.25, 0.3) is 0 Å². The predicted octanol–water partition coefficient (Wildman–Crippen LogP) is 0.378. The molecule has 0 amide bonds. The molecule has 0 aromatic heterocycles. The first-order chi connectivity index (χ1) is 1.41. The van der Waals surface area contributed by atoms with Crippen LogP contribution in [0.5, 0.6) is 0 Å². The first-order valence-electron chi connectivity index (χ1n) is 0.333. The maximum atomic E-state index is 4.34. The molecular formula is H2MgMoS2. The van der Waals surface area contributed by atoms with Gasteiger partial charge in [-0.1, -0.05) is 0 Å². The van der Waals surface area contributed by atoms with Crippen molar-refractivity contribution in [2.75, 3.05) is 0 Å². The molecule has 4 heteroatoms. The van der Waals surface area contributed by atoms with E-state index in [4.69, 9.17) is 0 Å². The zero-order chi connectivity index (χ0) is 2.71. The molecule has 0 N–H and O–H groups in total. The van der Waals surface area contributed by atoms with Gasteiger partial charge < -0.3 is 0 Å². The Balaban J connectivity index is 0. The minimum atomic E-state index is -0.363. The SMILES string of the molecule is [MgH2].[S]=[Mo]=[S]. The van der Waals surface area contributed by atoms with Crippen molar-refractivity contribution in [2.45, 2.75) is 0 Å². The Hall–Kier alpha value is 1.89. The van der Waals surface area contributed by atoms with Gasteiger partial charge in [0.2, 0.25) is 0 Å². The summed E-state index contributed by atoms with van der Waals surface area (Å²) < 4.78 is 0. The monoisotopic (exact) mass is 188 g/mol. The molecule has 4 heavy (non-hydrogen) atoms. The average Bonchev–Trinajstić information content (AvgIpc) is 0.918. The van der Waals surface area contributed by atoms with E-state index in [-0.39, 0.29) is 38.0 Å². The first kappa shape index (κ1) is 9.31. The van der Waals surface area contributed by atoms with Crippen molar-refractivity contribution in [1.29, 1.82) is 0 Å². The minimum absolute atomic E-state index is 0. The Morgan fingerprint density at radius 1 is 1.25 bits per heavy atom. The average molecular weight is 186 g/mol. The van der Waals surface area contributed by atoms with Gasteiger partial charge in [-0.25, -0.2) is 0 Å². The van der Waals surface area contributed by atoms with Crippen LogP contribution in [0.4, 0.5) is 0 Å². The van der Waals surface area contributed by atoms with Crippen LogP contribution >= 0.6 is 19.6 Å². The van der Waals surface area contributed by atoms with Crippen LogP contribution in [0.2, 0.25) is 0 Å². The van der Waals surface area contributed by atoms with Gasteiger partial charge in [-0.2, -0.15) is 0 Å². The zero-order valence-corrected chi connectivity index (χ0v) is 4.86. The Kier molecular flexibility index (Phi) is 20.6. The molecule has 0 aromatic carbocycles. The molecule has 0 spiro atoms. The van der Waals surface area contributed by atoms with Crippen LogP contribution in [-0.4, -0.2) is 23.1 Å². The summed E-state index contributed by atoms with van der Waals surface area (Å²) in [5.41, 5.74) is 0.